The monoisotopic (exact) mass is 515 g/mol. The second kappa shape index (κ2) is 9.61. The molecule has 0 saturated carbocycles. The molecule has 0 spiro atoms. The quantitative estimate of drug-likeness (QED) is 0.447. The van der Waals surface area contributed by atoms with Crippen molar-refractivity contribution in [2.75, 3.05) is 18.0 Å². The van der Waals surface area contributed by atoms with E-state index in [1.165, 1.54) is 0 Å². The van der Waals surface area contributed by atoms with Crippen molar-refractivity contribution in [2.24, 2.45) is 5.73 Å². The Bertz CT molecular complexity index is 1180. The van der Waals surface area contributed by atoms with Crippen molar-refractivity contribution in [1.29, 1.82) is 0 Å². The van der Waals surface area contributed by atoms with E-state index in [0.29, 0.717) is 5.56 Å². The van der Waals surface area contributed by atoms with E-state index in [4.69, 9.17) is 22.1 Å². The summed E-state index contributed by atoms with van der Waals surface area (Å²) in [4.78, 5) is 36.3. The number of benzene rings is 2. The number of hydrogen-bond acceptors (Lipinski definition) is 6. The first-order valence-electron chi connectivity index (χ1n) is 10.4. The van der Waals surface area contributed by atoms with Gasteiger partial charge in [0.1, 0.15) is 23.1 Å². The molecule has 2 saturated heterocycles. The number of imide groups is 1. The predicted molar refractivity (Wildman–Crippen MR) is 115 cm³/mol. The Balaban J connectivity index is 1.54. The maximum Gasteiger partial charge on any atom is 0.409 e. The molecule has 2 aliphatic heterocycles. The molecule has 3 amide bonds. The number of anilines is 1. The van der Waals surface area contributed by atoms with Gasteiger partial charge in [-0.25, -0.2) is 13.6 Å². The van der Waals surface area contributed by atoms with Gasteiger partial charge >= 0.3 is 12.7 Å². The maximum absolute atomic E-state index is 14.8. The minimum absolute atomic E-state index is 0.00392. The van der Waals surface area contributed by atoms with E-state index in [9.17, 15) is 31.9 Å². The number of halogens is 5. The molecule has 0 aliphatic carbocycles. The lowest BCUT2D eigenvalue weighted by Crippen LogP contribution is -2.45. The molecule has 1 atom stereocenters. The van der Waals surface area contributed by atoms with Crippen LogP contribution in [0, 0.1) is 11.6 Å². The number of nitrogens with one attached hydrogen (secondary N) is 1. The minimum Gasteiger partial charge on any atom is -0.435 e. The number of ether oxygens (including phenoxy) is 2. The summed E-state index contributed by atoms with van der Waals surface area (Å²) >= 11 is 6.23. The Hall–Kier alpha value is -3.54. The molecule has 0 aromatic heterocycles. The van der Waals surface area contributed by atoms with Crippen LogP contribution in [0.4, 0.5) is 28.0 Å². The fourth-order valence-corrected chi connectivity index (χ4v) is 4.61. The van der Waals surface area contributed by atoms with Gasteiger partial charge in [-0.05, 0) is 24.6 Å². The molecule has 2 heterocycles. The van der Waals surface area contributed by atoms with Gasteiger partial charge in [-0.2, -0.15) is 8.78 Å². The van der Waals surface area contributed by atoms with Crippen molar-refractivity contribution in [3.63, 3.8) is 0 Å². The molecule has 2 aromatic rings. The van der Waals surface area contributed by atoms with E-state index in [0.717, 1.165) is 24.3 Å². The number of hydrogen-bond donors (Lipinski definition) is 2. The van der Waals surface area contributed by atoms with E-state index in [1.807, 2.05) is 0 Å². The van der Waals surface area contributed by atoms with Crippen LogP contribution in [-0.2, 0) is 9.59 Å². The molecule has 2 aromatic carbocycles. The smallest absolute Gasteiger partial charge is 0.409 e. The maximum atomic E-state index is 14.8. The molecule has 1 unspecified atom stereocenters. The minimum atomic E-state index is -3.13. The lowest BCUT2D eigenvalue weighted by atomic mass is 9.88. The van der Waals surface area contributed by atoms with Crippen molar-refractivity contribution < 1.29 is 41.4 Å². The number of primary amides is 1. The molecule has 13 heteroatoms. The third-order valence-corrected chi connectivity index (χ3v) is 6.12. The van der Waals surface area contributed by atoms with Crippen LogP contribution in [0.3, 0.4) is 0 Å². The van der Waals surface area contributed by atoms with E-state index in [2.05, 4.69) is 10.1 Å². The number of rotatable bonds is 6. The van der Waals surface area contributed by atoms with Crippen LogP contribution < -0.4 is 25.4 Å². The average molecular weight is 516 g/mol. The Morgan fingerprint density at radius 2 is 1.77 bits per heavy atom. The Morgan fingerprint density at radius 3 is 2.34 bits per heavy atom. The number of carbonyl (C=O) groups is 3. The van der Waals surface area contributed by atoms with Crippen molar-refractivity contribution in [2.45, 2.75) is 31.3 Å². The van der Waals surface area contributed by atoms with Crippen molar-refractivity contribution in [3.05, 3.63) is 52.0 Å². The summed E-state index contributed by atoms with van der Waals surface area (Å²) < 4.78 is 64.0. The first kappa shape index (κ1) is 24.6. The van der Waals surface area contributed by atoms with Crippen molar-refractivity contribution in [3.8, 4) is 11.5 Å². The predicted octanol–water partition coefficient (Wildman–Crippen LogP) is 3.80. The summed E-state index contributed by atoms with van der Waals surface area (Å²) in [6, 6.07) is 4.35. The van der Waals surface area contributed by atoms with Gasteiger partial charge in [0.25, 0.3) is 0 Å². The fourth-order valence-electron chi connectivity index (χ4n) is 4.26. The SMILES string of the molecule is NC(=O)Oc1cc(OC(F)F)cc(Cl)c1C1CN(c2cc(F)c(C3CCC(=O)NC3=O)c(F)c2)C1. The van der Waals surface area contributed by atoms with Gasteiger partial charge in [0, 0.05) is 48.3 Å². The lowest BCUT2D eigenvalue weighted by molar-refractivity contribution is -0.134. The van der Waals surface area contributed by atoms with Gasteiger partial charge in [0.15, 0.2) is 0 Å². The summed E-state index contributed by atoms with van der Waals surface area (Å²) in [6.45, 7) is -2.74. The molecule has 4 rings (SSSR count). The zero-order valence-corrected chi connectivity index (χ0v) is 18.6. The Morgan fingerprint density at radius 1 is 1.11 bits per heavy atom. The third-order valence-electron chi connectivity index (χ3n) is 5.81. The molecule has 2 aliphatic rings. The second-order valence-corrected chi connectivity index (χ2v) is 8.45. The summed E-state index contributed by atoms with van der Waals surface area (Å²) in [6.07, 6.45) is -1.22. The summed E-state index contributed by atoms with van der Waals surface area (Å²) in [5.41, 5.74) is 5.14. The van der Waals surface area contributed by atoms with Gasteiger partial charge in [-0.1, -0.05) is 11.6 Å². The molecule has 2 fully saturated rings. The number of nitrogens with two attached hydrogens (primary N) is 1. The Kier molecular flexibility index (Phi) is 6.75. The van der Waals surface area contributed by atoms with Crippen LogP contribution in [0.5, 0.6) is 11.5 Å². The summed E-state index contributed by atoms with van der Waals surface area (Å²) in [7, 11) is 0. The fraction of sp³-hybridized carbons (Fsp3) is 0.318. The zero-order valence-electron chi connectivity index (χ0n) is 17.8. The highest BCUT2D eigenvalue weighted by Gasteiger charge is 2.36. The van der Waals surface area contributed by atoms with Gasteiger partial charge < -0.3 is 20.1 Å². The highest BCUT2D eigenvalue weighted by atomic mass is 35.5. The number of nitrogens with zero attached hydrogens (tertiary/aromatic N) is 1. The molecule has 35 heavy (non-hydrogen) atoms. The first-order chi connectivity index (χ1) is 16.5. The molecular formula is C22H18ClF4N3O5. The highest BCUT2D eigenvalue weighted by Crippen LogP contribution is 2.43. The second-order valence-electron chi connectivity index (χ2n) is 8.05. The van der Waals surface area contributed by atoms with Crippen LogP contribution in [0.2, 0.25) is 5.02 Å². The van der Waals surface area contributed by atoms with Gasteiger partial charge in [0.05, 0.1) is 10.9 Å². The normalized spacial score (nSPS) is 18.3. The lowest BCUT2D eigenvalue weighted by Gasteiger charge is -2.42. The third kappa shape index (κ3) is 5.11. The van der Waals surface area contributed by atoms with Crippen LogP contribution in [-0.4, -0.2) is 37.6 Å². The van der Waals surface area contributed by atoms with Crippen molar-refractivity contribution >= 4 is 35.2 Å². The summed E-state index contributed by atoms with van der Waals surface area (Å²) in [5, 5.41) is 2.06. The molecule has 0 radical (unpaired) electrons. The van der Waals surface area contributed by atoms with Crippen molar-refractivity contribution in [1.82, 2.24) is 5.32 Å². The van der Waals surface area contributed by atoms with Crippen LogP contribution in [0.1, 0.15) is 35.8 Å². The van der Waals surface area contributed by atoms with Crippen LogP contribution in [0.25, 0.3) is 0 Å². The number of amides is 3. The van der Waals surface area contributed by atoms with E-state index >= 15 is 0 Å². The summed E-state index contributed by atoms with van der Waals surface area (Å²) in [5.74, 6) is -5.13. The standard InChI is InChI=1S/C22H18ClF4N3O5/c23-13-5-11(34-21(26)27)6-16(35-22(28)33)18(13)9-7-30(8-9)10-3-14(24)19(15(25)4-10)12-1-2-17(31)29-20(12)32/h3-6,9,12,21H,1-2,7-8H2,(H2,28,33)(H,29,31,32). The van der Waals surface area contributed by atoms with Gasteiger partial charge in [-0.15, -0.1) is 0 Å². The first-order valence-corrected chi connectivity index (χ1v) is 10.7. The highest BCUT2D eigenvalue weighted by molar-refractivity contribution is 6.31. The topological polar surface area (TPSA) is 111 Å². The molecule has 3 N–H and O–H groups in total. The molecule has 0 bridgehead atoms. The number of piperidine rings is 1. The average Bonchev–Trinajstić information content (AvgIpc) is 2.69. The van der Waals surface area contributed by atoms with Crippen LogP contribution in [0.15, 0.2) is 24.3 Å². The van der Waals surface area contributed by atoms with Crippen LogP contribution >= 0.6 is 11.6 Å². The van der Waals surface area contributed by atoms with E-state index in [1.54, 1.807) is 4.90 Å². The molecule has 186 valence electrons. The van der Waals surface area contributed by atoms with E-state index in [-0.39, 0.29) is 48.1 Å². The zero-order chi connectivity index (χ0) is 25.4. The number of alkyl halides is 2. The Labute approximate surface area is 200 Å². The van der Waals surface area contributed by atoms with E-state index < -0.39 is 53.6 Å². The molecule has 8 nitrogen and oxygen atoms in total. The largest absolute Gasteiger partial charge is 0.435 e. The van der Waals surface area contributed by atoms with Gasteiger partial charge in [0.2, 0.25) is 11.8 Å². The molecular weight excluding hydrogens is 498 g/mol. The van der Waals surface area contributed by atoms with Gasteiger partial charge in [-0.3, -0.25) is 14.9 Å². The number of carbonyl (C=O) groups excluding carboxylic acids is 3.